The summed E-state index contributed by atoms with van der Waals surface area (Å²) in [6, 6.07) is 1.03. The van der Waals surface area contributed by atoms with Gasteiger partial charge in [-0.1, -0.05) is 40.0 Å². The summed E-state index contributed by atoms with van der Waals surface area (Å²) in [5.41, 5.74) is 0.812. The van der Waals surface area contributed by atoms with Crippen LogP contribution in [0.4, 0.5) is 5.82 Å². The van der Waals surface area contributed by atoms with E-state index in [9.17, 15) is 14.7 Å². The van der Waals surface area contributed by atoms with Crippen molar-refractivity contribution in [3.05, 3.63) is 11.8 Å². The molecule has 140 valence electrons. The van der Waals surface area contributed by atoms with Gasteiger partial charge in [0.05, 0.1) is 0 Å². The minimum Gasteiger partial charge on any atom is -0.383 e. The van der Waals surface area contributed by atoms with Crippen molar-refractivity contribution in [2.24, 2.45) is 5.92 Å². The van der Waals surface area contributed by atoms with Gasteiger partial charge in [-0.3, -0.25) is 14.7 Å². The van der Waals surface area contributed by atoms with Gasteiger partial charge in [0.2, 0.25) is 11.8 Å². The lowest BCUT2D eigenvalue weighted by molar-refractivity contribution is -0.135. The molecule has 0 radical (unpaired) electrons. The predicted molar refractivity (Wildman–Crippen MR) is 96.1 cm³/mol. The van der Waals surface area contributed by atoms with Crippen LogP contribution < -0.4 is 10.6 Å². The van der Waals surface area contributed by atoms with E-state index in [2.05, 4.69) is 20.8 Å². The maximum Gasteiger partial charge on any atom is 0.249 e. The third kappa shape index (κ3) is 5.29. The number of nitrogens with zero attached hydrogens (tertiary/aromatic N) is 1. The van der Waals surface area contributed by atoms with Gasteiger partial charge in [0.25, 0.3) is 0 Å². The summed E-state index contributed by atoms with van der Waals surface area (Å²) in [5, 5.41) is 22.4. The number of aromatic amines is 1. The van der Waals surface area contributed by atoms with Gasteiger partial charge in [-0.25, -0.2) is 0 Å². The van der Waals surface area contributed by atoms with Crippen LogP contribution in [0.15, 0.2) is 6.07 Å². The van der Waals surface area contributed by atoms with Crippen molar-refractivity contribution in [3.8, 4) is 0 Å². The van der Waals surface area contributed by atoms with Gasteiger partial charge in [-0.05, 0) is 25.7 Å². The molecule has 0 spiro atoms. The van der Waals surface area contributed by atoms with Crippen molar-refractivity contribution < 1.29 is 14.7 Å². The third-order valence-corrected chi connectivity index (χ3v) is 4.75. The summed E-state index contributed by atoms with van der Waals surface area (Å²) in [6.45, 7) is 7.73. The second-order valence-electron chi connectivity index (χ2n) is 7.98. The van der Waals surface area contributed by atoms with Gasteiger partial charge >= 0.3 is 0 Å². The first kappa shape index (κ1) is 19.4. The Bertz CT molecular complexity index is 600. The summed E-state index contributed by atoms with van der Waals surface area (Å²) in [5.74, 6) is -0.434. The largest absolute Gasteiger partial charge is 0.383 e. The predicted octanol–water partition coefficient (Wildman–Crippen LogP) is 2.09. The van der Waals surface area contributed by atoms with Gasteiger partial charge in [0.1, 0.15) is 12.1 Å². The molecule has 1 aromatic heterocycles. The molecule has 1 fully saturated rings. The molecule has 2 amide bonds. The van der Waals surface area contributed by atoms with E-state index in [-0.39, 0.29) is 17.2 Å². The fourth-order valence-electron chi connectivity index (χ4n) is 3.03. The molecule has 0 saturated heterocycles. The lowest BCUT2D eigenvalue weighted by Crippen LogP contribution is -2.48. The van der Waals surface area contributed by atoms with Gasteiger partial charge in [-0.15, -0.1) is 0 Å². The molecule has 25 heavy (non-hydrogen) atoms. The van der Waals surface area contributed by atoms with Gasteiger partial charge in [0, 0.05) is 17.2 Å². The quantitative estimate of drug-likeness (QED) is 0.652. The number of H-pyrrole nitrogens is 1. The number of aliphatic hydroxyl groups is 1. The van der Waals surface area contributed by atoms with Crippen LogP contribution in [-0.4, -0.2) is 39.3 Å². The van der Waals surface area contributed by atoms with Crippen molar-refractivity contribution in [2.75, 3.05) is 5.32 Å². The van der Waals surface area contributed by atoms with Crippen LogP contribution in [-0.2, 0) is 15.0 Å². The van der Waals surface area contributed by atoms with Crippen LogP contribution >= 0.6 is 0 Å². The van der Waals surface area contributed by atoms with Crippen LogP contribution in [0.25, 0.3) is 0 Å². The standard InChI is InChI=1S/C18H30N4O3/c1-11(19-17(25)15(23)12-8-6-5-7-9-12)16(24)20-14-10-13(21-22-14)18(2,3)4/h10-12,15,23H,5-9H2,1-4H3,(H,19,25)(H2,20,21,22,24)/t11-,15-/m0/s1. The lowest BCUT2D eigenvalue weighted by Gasteiger charge is -2.26. The molecule has 2 atom stereocenters. The number of nitrogens with one attached hydrogen (secondary N) is 3. The number of hydrogen-bond donors (Lipinski definition) is 4. The highest BCUT2D eigenvalue weighted by molar-refractivity contribution is 5.96. The molecule has 7 heteroatoms. The molecule has 0 aliphatic heterocycles. The zero-order chi connectivity index (χ0) is 18.6. The monoisotopic (exact) mass is 350 g/mol. The molecule has 0 unspecified atom stereocenters. The Kier molecular flexibility index (Phi) is 6.21. The first-order chi connectivity index (χ1) is 11.7. The van der Waals surface area contributed by atoms with E-state index in [1.807, 2.05) is 20.8 Å². The Morgan fingerprint density at radius 3 is 2.44 bits per heavy atom. The average Bonchev–Trinajstić information content (AvgIpc) is 3.03. The second-order valence-corrected chi connectivity index (χ2v) is 7.98. The molecular formula is C18H30N4O3. The van der Waals surface area contributed by atoms with Crippen LogP contribution in [0.2, 0.25) is 0 Å². The molecule has 1 heterocycles. The Morgan fingerprint density at radius 2 is 1.88 bits per heavy atom. The smallest absolute Gasteiger partial charge is 0.249 e. The van der Waals surface area contributed by atoms with Gasteiger partial charge in [0.15, 0.2) is 5.82 Å². The van der Waals surface area contributed by atoms with Gasteiger partial charge < -0.3 is 15.7 Å². The highest BCUT2D eigenvalue weighted by Gasteiger charge is 2.29. The van der Waals surface area contributed by atoms with Crippen molar-refractivity contribution in [2.45, 2.75) is 77.4 Å². The fourth-order valence-corrected chi connectivity index (χ4v) is 3.03. The van der Waals surface area contributed by atoms with Crippen molar-refractivity contribution in [3.63, 3.8) is 0 Å². The van der Waals surface area contributed by atoms with E-state index in [0.29, 0.717) is 5.82 Å². The van der Waals surface area contributed by atoms with Crippen LogP contribution in [0, 0.1) is 5.92 Å². The number of amides is 2. The Balaban J connectivity index is 1.87. The molecule has 1 aromatic rings. The van der Waals surface area contributed by atoms with Crippen LogP contribution in [0.5, 0.6) is 0 Å². The Hall–Kier alpha value is -1.89. The van der Waals surface area contributed by atoms with Crippen molar-refractivity contribution >= 4 is 17.6 Å². The molecular weight excluding hydrogens is 320 g/mol. The summed E-state index contributed by atoms with van der Waals surface area (Å²) in [7, 11) is 0. The second kappa shape index (κ2) is 7.99. The maximum atomic E-state index is 12.2. The minimum atomic E-state index is -1.05. The average molecular weight is 350 g/mol. The summed E-state index contributed by atoms with van der Waals surface area (Å²) in [4.78, 5) is 24.4. The summed E-state index contributed by atoms with van der Waals surface area (Å²) >= 11 is 0. The van der Waals surface area contributed by atoms with Crippen molar-refractivity contribution in [1.29, 1.82) is 0 Å². The molecule has 0 bridgehead atoms. The number of rotatable bonds is 5. The minimum absolute atomic E-state index is 0.00954. The van der Waals surface area contributed by atoms with E-state index >= 15 is 0 Å². The number of hydrogen-bond acceptors (Lipinski definition) is 4. The van der Waals surface area contributed by atoms with Crippen molar-refractivity contribution in [1.82, 2.24) is 15.5 Å². The molecule has 1 aliphatic rings. The van der Waals surface area contributed by atoms with E-state index < -0.39 is 18.1 Å². The molecule has 2 rings (SSSR count). The Morgan fingerprint density at radius 1 is 1.24 bits per heavy atom. The zero-order valence-corrected chi connectivity index (χ0v) is 15.6. The molecule has 0 aromatic carbocycles. The SMILES string of the molecule is C[C@H](NC(=O)[C@@H](O)C1CCCCC1)C(=O)Nc1cc(C(C)(C)C)[nH]n1. The number of carbonyl (C=O) groups is 2. The zero-order valence-electron chi connectivity index (χ0n) is 15.6. The van der Waals surface area contributed by atoms with Crippen LogP contribution in [0.1, 0.15) is 65.5 Å². The first-order valence-corrected chi connectivity index (χ1v) is 9.03. The summed E-state index contributed by atoms with van der Waals surface area (Å²) < 4.78 is 0. The Labute approximate surface area is 149 Å². The third-order valence-electron chi connectivity index (χ3n) is 4.75. The fraction of sp³-hybridized carbons (Fsp3) is 0.722. The van der Waals surface area contributed by atoms with Gasteiger partial charge in [-0.2, -0.15) is 5.10 Å². The topological polar surface area (TPSA) is 107 Å². The first-order valence-electron chi connectivity index (χ1n) is 9.03. The molecule has 1 saturated carbocycles. The maximum absolute atomic E-state index is 12.2. The number of carbonyl (C=O) groups excluding carboxylic acids is 2. The number of aliphatic hydroxyl groups excluding tert-OH is 1. The molecule has 7 nitrogen and oxygen atoms in total. The van der Waals surface area contributed by atoms with Crippen LogP contribution in [0.3, 0.4) is 0 Å². The van der Waals surface area contributed by atoms with E-state index in [4.69, 9.17) is 0 Å². The molecule has 1 aliphatic carbocycles. The number of aromatic nitrogens is 2. The highest BCUT2D eigenvalue weighted by Crippen LogP contribution is 2.26. The lowest BCUT2D eigenvalue weighted by atomic mass is 9.85. The summed E-state index contributed by atoms with van der Waals surface area (Å²) in [6.07, 6.45) is 3.91. The van der Waals surface area contributed by atoms with E-state index in [1.165, 1.54) is 0 Å². The number of anilines is 1. The van der Waals surface area contributed by atoms with E-state index in [0.717, 1.165) is 37.8 Å². The van der Waals surface area contributed by atoms with E-state index in [1.54, 1.807) is 13.0 Å². The normalized spacial score (nSPS) is 18.4. The molecule has 4 N–H and O–H groups in total. The highest BCUT2D eigenvalue weighted by atomic mass is 16.3.